The molecule has 3 aromatic carbocycles. The minimum Gasteiger partial charge on any atom is -0.0651 e. The Bertz CT molecular complexity index is 944. The van der Waals surface area contributed by atoms with E-state index >= 15 is 0 Å². The highest BCUT2D eigenvalue weighted by molar-refractivity contribution is 5.48. The van der Waals surface area contributed by atoms with E-state index in [1.54, 1.807) is 0 Å². The Labute approximate surface area is 169 Å². The molecule has 0 saturated heterocycles. The van der Waals surface area contributed by atoms with Crippen LogP contribution in [0, 0.1) is 23.7 Å². The molecule has 138 valence electrons. The van der Waals surface area contributed by atoms with Gasteiger partial charge in [0.05, 0.1) is 0 Å². The fraction of sp³-hybridized carbons (Fsp3) is 0.214. The van der Waals surface area contributed by atoms with Gasteiger partial charge in [-0.15, -0.1) is 0 Å². The molecule has 0 radical (unpaired) electrons. The monoisotopic (exact) mass is 362 g/mol. The number of rotatable bonds is 4. The van der Waals surface area contributed by atoms with Crippen LogP contribution in [0.2, 0.25) is 0 Å². The third-order valence-electron chi connectivity index (χ3n) is 4.52. The van der Waals surface area contributed by atoms with Gasteiger partial charge in [-0.1, -0.05) is 74.6 Å². The molecule has 0 heterocycles. The van der Waals surface area contributed by atoms with Crippen molar-refractivity contribution in [3.63, 3.8) is 0 Å². The summed E-state index contributed by atoms with van der Waals surface area (Å²) >= 11 is 0. The summed E-state index contributed by atoms with van der Waals surface area (Å²) < 4.78 is 0. The minimum absolute atomic E-state index is 1.01. The maximum atomic E-state index is 3.27. The van der Waals surface area contributed by atoms with Gasteiger partial charge in [0.25, 0.3) is 0 Å². The van der Waals surface area contributed by atoms with E-state index in [1.807, 2.05) is 24.3 Å². The molecule has 0 N–H and O–H groups in total. The van der Waals surface area contributed by atoms with Gasteiger partial charge in [0, 0.05) is 22.3 Å². The fourth-order valence-corrected chi connectivity index (χ4v) is 3.11. The van der Waals surface area contributed by atoms with Crippen molar-refractivity contribution in [2.75, 3.05) is 0 Å². The van der Waals surface area contributed by atoms with Gasteiger partial charge in [-0.2, -0.15) is 0 Å². The molecule has 0 saturated carbocycles. The molecule has 0 heteroatoms. The van der Waals surface area contributed by atoms with Crippen LogP contribution in [0.25, 0.3) is 0 Å². The smallest absolute Gasteiger partial charge is 0.0251 e. The summed E-state index contributed by atoms with van der Waals surface area (Å²) in [5, 5.41) is 0. The minimum atomic E-state index is 1.01. The molecule has 0 aromatic heterocycles. The van der Waals surface area contributed by atoms with Crippen molar-refractivity contribution in [3.8, 4) is 23.7 Å². The first kappa shape index (κ1) is 19.5. The number of hydrogen-bond acceptors (Lipinski definition) is 0. The van der Waals surface area contributed by atoms with Crippen LogP contribution in [0.15, 0.2) is 72.8 Å². The topological polar surface area (TPSA) is 0 Å². The highest BCUT2D eigenvalue weighted by Gasteiger charge is 1.94. The van der Waals surface area contributed by atoms with Crippen LogP contribution >= 0.6 is 0 Å². The number of benzene rings is 3. The van der Waals surface area contributed by atoms with Crippen LogP contribution in [-0.4, -0.2) is 0 Å². The van der Waals surface area contributed by atoms with Crippen molar-refractivity contribution in [3.05, 3.63) is 106 Å². The van der Waals surface area contributed by atoms with Crippen molar-refractivity contribution < 1.29 is 0 Å². The van der Waals surface area contributed by atoms with Crippen LogP contribution in [0.4, 0.5) is 0 Å². The average molecular weight is 363 g/mol. The van der Waals surface area contributed by atoms with Crippen molar-refractivity contribution in [1.82, 2.24) is 0 Å². The second kappa shape index (κ2) is 10.2. The number of hydrogen-bond donors (Lipinski definition) is 0. The van der Waals surface area contributed by atoms with Crippen molar-refractivity contribution in [2.45, 2.75) is 39.5 Å². The van der Waals surface area contributed by atoms with E-state index in [1.165, 1.54) is 11.1 Å². The van der Waals surface area contributed by atoms with Crippen LogP contribution in [0.3, 0.4) is 0 Å². The van der Waals surface area contributed by atoms with Crippen molar-refractivity contribution in [1.29, 1.82) is 0 Å². The summed E-state index contributed by atoms with van der Waals surface area (Å²) in [6, 6.07) is 25.2. The summed E-state index contributed by atoms with van der Waals surface area (Å²) in [5.74, 6) is 13.0. The van der Waals surface area contributed by atoms with E-state index in [0.717, 1.165) is 47.9 Å². The summed E-state index contributed by atoms with van der Waals surface area (Å²) in [4.78, 5) is 0. The third kappa shape index (κ3) is 5.90. The first-order chi connectivity index (χ1) is 13.8. The Hall–Kier alpha value is -3.22. The molecular formula is C28H26. The Kier molecular flexibility index (Phi) is 7.12. The van der Waals surface area contributed by atoms with E-state index in [-0.39, 0.29) is 0 Å². The largest absolute Gasteiger partial charge is 0.0651 e. The maximum absolute atomic E-state index is 3.27. The zero-order valence-electron chi connectivity index (χ0n) is 16.8. The maximum Gasteiger partial charge on any atom is 0.0251 e. The zero-order valence-corrected chi connectivity index (χ0v) is 16.8. The van der Waals surface area contributed by atoms with Crippen LogP contribution in [0.5, 0.6) is 0 Å². The fourth-order valence-electron chi connectivity index (χ4n) is 3.11. The summed E-state index contributed by atoms with van der Waals surface area (Å²) in [6.45, 7) is 4.40. The normalized spacial score (nSPS) is 9.79. The molecule has 3 aromatic rings. The predicted molar refractivity (Wildman–Crippen MR) is 119 cm³/mol. The summed E-state index contributed by atoms with van der Waals surface area (Å²) in [5.41, 5.74) is 6.86. The highest BCUT2D eigenvalue weighted by atomic mass is 14.0. The van der Waals surface area contributed by atoms with Gasteiger partial charge in [-0.05, 0) is 72.5 Å². The van der Waals surface area contributed by atoms with E-state index < -0.39 is 0 Å². The van der Waals surface area contributed by atoms with Crippen LogP contribution in [-0.2, 0) is 12.8 Å². The first-order valence-electron chi connectivity index (χ1n) is 10.1. The SMILES string of the molecule is CCCc1cccc(C#Cc2ccc(C#Cc3cccc(CCC)c3)cc2)c1. The molecule has 0 nitrogen and oxygen atoms in total. The van der Waals surface area contributed by atoms with Gasteiger partial charge in [0.2, 0.25) is 0 Å². The lowest BCUT2D eigenvalue weighted by Gasteiger charge is -1.99. The molecule has 0 fully saturated rings. The van der Waals surface area contributed by atoms with E-state index in [4.69, 9.17) is 0 Å². The quantitative estimate of drug-likeness (QED) is 0.472. The Balaban J connectivity index is 1.70. The lowest BCUT2D eigenvalue weighted by molar-refractivity contribution is 0.921. The van der Waals surface area contributed by atoms with E-state index in [0.29, 0.717) is 0 Å². The first-order valence-corrected chi connectivity index (χ1v) is 10.1. The van der Waals surface area contributed by atoms with Crippen LogP contribution in [0.1, 0.15) is 60.1 Å². The molecule has 0 unspecified atom stereocenters. The second-order valence-corrected chi connectivity index (χ2v) is 6.98. The molecule has 3 rings (SSSR count). The summed E-state index contributed by atoms with van der Waals surface area (Å²) in [7, 11) is 0. The predicted octanol–water partition coefficient (Wildman–Crippen LogP) is 6.39. The van der Waals surface area contributed by atoms with Gasteiger partial charge >= 0.3 is 0 Å². The molecule has 0 atom stereocenters. The van der Waals surface area contributed by atoms with Gasteiger partial charge in [-0.25, -0.2) is 0 Å². The Morgan fingerprint density at radius 1 is 0.500 bits per heavy atom. The molecule has 0 aliphatic rings. The second-order valence-electron chi connectivity index (χ2n) is 6.98. The molecular weight excluding hydrogens is 336 g/mol. The standard InChI is InChI=1S/C28H26/c1-3-7-25-9-5-11-27(21-25)19-17-23-13-15-24(16-14-23)18-20-28-12-6-10-26(22-28)8-4-2/h5-6,9-16,21-22H,3-4,7-8H2,1-2H3. The third-order valence-corrected chi connectivity index (χ3v) is 4.52. The Morgan fingerprint density at radius 3 is 1.29 bits per heavy atom. The van der Waals surface area contributed by atoms with Gasteiger partial charge in [-0.3, -0.25) is 0 Å². The van der Waals surface area contributed by atoms with Crippen LogP contribution < -0.4 is 0 Å². The molecule has 0 aliphatic heterocycles. The number of aryl methyl sites for hydroxylation is 2. The highest BCUT2D eigenvalue weighted by Crippen LogP contribution is 2.09. The zero-order chi connectivity index (χ0) is 19.6. The molecule has 0 aliphatic carbocycles. The molecule has 0 bridgehead atoms. The average Bonchev–Trinajstić information content (AvgIpc) is 2.73. The van der Waals surface area contributed by atoms with Gasteiger partial charge in [0.15, 0.2) is 0 Å². The van der Waals surface area contributed by atoms with E-state index in [2.05, 4.69) is 86.1 Å². The lowest BCUT2D eigenvalue weighted by atomic mass is 10.1. The van der Waals surface area contributed by atoms with Gasteiger partial charge in [0.1, 0.15) is 0 Å². The molecule has 28 heavy (non-hydrogen) atoms. The van der Waals surface area contributed by atoms with Crippen molar-refractivity contribution in [2.24, 2.45) is 0 Å². The lowest BCUT2D eigenvalue weighted by Crippen LogP contribution is -1.85. The molecule has 0 spiro atoms. The Morgan fingerprint density at radius 2 is 0.893 bits per heavy atom. The van der Waals surface area contributed by atoms with E-state index in [9.17, 15) is 0 Å². The van der Waals surface area contributed by atoms with Gasteiger partial charge < -0.3 is 0 Å². The molecule has 0 amide bonds. The summed E-state index contributed by atoms with van der Waals surface area (Å²) in [6.07, 6.45) is 4.51. The van der Waals surface area contributed by atoms with Crippen molar-refractivity contribution >= 4 is 0 Å².